The third-order valence-corrected chi connectivity index (χ3v) is 15.5. The maximum absolute atomic E-state index is 12.9. The molecule has 0 spiro atoms. The Labute approximate surface area is 491 Å². The van der Waals surface area contributed by atoms with Crippen molar-refractivity contribution < 1.29 is 28.6 Å². The van der Waals surface area contributed by atoms with E-state index in [0.29, 0.717) is 19.3 Å². The highest BCUT2D eigenvalue weighted by Crippen LogP contribution is 2.18. The summed E-state index contributed by atoms with van der Waals surface area (Å²) < 4.78 is 17.0. The molecule has 0 N–H and O–H groups in total. The maximum atomic E-state index is 12.9. The van der Waals surface area contributed by atoms with E-state index < -0.39 is 6.10 Å². The summed E-state index contributed by atoms with van der Waals surface area (Å²) in [5.41, 5.74) is 0. The van der Waals surface area contributed by atoms with E-state index in [0.717, 1.165) is 89.9 Å². The molecule has 6 nitrogen and oxygen atoms in total. The first-order valence-electron chi connectivity index (χ1n) is 34.8. The van der Waals surface area contributed by atoms with E-state index in [1.54, 1.807) is 0 Å². The number of carbonyl (C=O) groups is 3. The van der Waals surface area contributed by atoms with Crippen molar-refractivity contribution in [3.63, 3.8) is 0 Å². The lowest BCUT2D eigenvalue weighted by atomic mass is 10.0. The van der Waals surface area contributed by atoms with Gasteiger partial charge in [-0.05, 0) is 83.5 Å². The molecule has 0 bridgehead atoms. The van der Waals surface area contributed by atoms with Crippen molar-refractivity contribution in [1.29, 1.82) is 0 Å². The van der Waals surface area contributed by atoms with E-state index in [9.17, 15) is 14.4 Å². The van der Waals surface area contributed by atoms with Crippen molar-refractivity contribution in [1.82, 2.24) is 0 Å². The summed E-state index contributed by atoms with van der Waals surface area (Å²) in [5, 5.41) is 0. The Balaban J connectivity index is 4.17. The topological polar surface area (TPSA) is 78.9 Å². The van der Waals surface area contributed by atoms with Crippen LogP contribution < -0.4 is 0 Å². The summed E-state index contributed by atoms with van der Waals surface area (Å²) in [5.74, 6) is -0.855. The predicted molar refractivity (Wildman–Crippen MR) is 344 cm³/mol. The van der Waals surface area contributed by atoms with E-state index in [1.807, 2.05) is 0 Å². The van der Waals surface area contributed by atoms with Gasteiger partial charge in [-0.25, -0.2) is 0 Å². The van der Waals surface area contributed by atoms with Crippen LogP contribution in [0.5, 0.6) is 0 Å². The molecule has 0 saturated heterocycles. The van der Waals surface area contributed by atoms with Gasteiger partial charge in [0.05, 0.1) is 0 Å². The van der Waals surface area contributed by atoms with E-state index >= 15 is 0 Å². The van der Waals surface area contributed by atoms with Gasteiger partial charge in [-0.1, -0.05) is 326 Å². The number of allylic oxidation sites excluding steroid dienone is 10. The number of carbonyl (C=O) groups excluding carboxylic acids is 3. The van der Waals surface area contributed by atoms with Crippen LogP contribution in [0.25, 0.3) is 0 Å². The van der Waals surface area contributed by atoms with Gasteiger partial charge in [0.1, 0.15) is 13.2 Å². The molecular formula is C73H132O6. The average Bonchev–Trinajstić information content (AvgIpc) is 3.45. The molecular weight excluding hydrogens is 973 g/mol. The summed E-state index contributed by atoms with van der Waals surface area (Å²) in [4.78, 5) is 38.4. The highest BCUT2D eigenvalue weighted by molar-refractivity contribution is 5.71. The van der Waals surface area contributed by atoms with Crippen molar-refractivity contribution in [2.45, 2.75) is 374 Å². The molecule has 1 atom stereocenters. The van der Waals surface area contributed by atoms with Crippen molar-refractivity contribution >= 4 is 17.9 Å². The zero-order valence-corrected chi connectivity index (χ0v) is 52.9. The molecule has 0 heterocycles. The van der Waals surface area contributed by atoms with Crippen LogP contribution in [-0.4, -0.2) is 37.2 Å². The Morgan fingerprint density at radius 2 is 0.494 bits per heavy atom. The summed E-state index contributed by atoms with van der Waals surface area (Å²) >= 11 is 0. The van der Waals surface area contributed by atoms with Crippen LogP contribution in [0.15, 0.2) is 60.8 Å². The van der Waals surface area contributed by atoms with Crippen molar-refractivity contribution in [2.75, 3.05) is 13.2 Å². The van der Waals surface area contributed by atoms with Gasteiger partial charge in [0.15, 0.2) is 6.10 Å². The van der Waals surface area contributed by atoms with E-state index in [-0.39, 0.29) is 31.1 Å². The zero-order chi connectivity index (χ0) is 57.1. The Morgan fingerprint density at radius 3 is 0.785 bits per heavy atom. The molecule has 0 aromatic heterocycles. The minimum absolute atomic E-state index is 0.0712. The SMILES string of the molecule is CC/C=C\C/C=C\C/C=C\C/C=C\CCCCCCCCCCCCCCCCCCCCC(=O)OCC(COC(=O)CCCCCCCCCCCCCCCCC)OC(=O)CCCCCCC/C=C\CCCCCCCC. The van der Waals surface area contributed by atoms with Crippen LogP contribution in [0, 0.1) is 0 Å². The van der Waals surface area contributed by atoms with Gasteiger partial charge in [-0.2, -0.15) is 0 Å². The molecule has 0 rings (SSSR count). The van der Waals surface area contributed by atoms with Crippen molar-refractivity contribution in [2.24, 2.45) is 0 Å². The first-order chi connectivity index (χ1) is 39.0. The van der Waals surface area contributed by atoms with Gasteiger partial charge in [0, 0.05) is 19.3 Å². The maximum Gasteiger partial charge on any atom is 0.306 e. The third-order valence-electron chi connectivity index (χ3n) is 15.5. The number of hydrogen-bond acceptors (Lipinski definition) is 6. The summed E-state index contributed by atoms with van der Waals surface area (Å²) in [6.45, 7) is 6.57. The number of rotatable bonds is 64. The Kier molecular flexibility index (Phi) is 65.1. The third kappa shape index (κ3) is 65.8. The van der Waals surface area contributed by atoms with Crippen LogP contribution in [0.3, 0.4) is 0 Å². The molecule has 6 heteroatoms. The molecule has 0 aliphatic rings. The van der Waals surface area contributed by atoms with Crippen LogP contribution in [-0.2, 0) is 28.6 Å². The van der Waals surface area contributed by atoms with Crippen LogP contribution in [0.1, 0.15) is 367 Å². The normalized spacial score (nSPS) is 12.4. The van der Waals surface area contributed by atoms with Gasteiger partial charge in [0.2, 0.25) is 0 Å². The van der Waals surface area contributed by atoms with Crippen LogP contribution in [0.4, 0.5) is 0 Å². The molecule has 460 valence electrons. The van der Waals surface area contributed by atoms with Gasteiger partial charge >= 0.3 is 17.9 Å². The number of hydrogen-bond donors (Lipinski definition) is 0. The first kappa shape index (κ1) is 76.1. The largest absolute Gasteiger partial charge is 0.462 e. The number of esters is 3. The van der Waals surface area contributed by atoms with Gasteiger partial charge in [-0.15, -0.1) is 0 Å². The molecule has 0 aliphatic carbocycles. The molecule has 0 radical (unpaired) electrons. The molecule has 0 aromatic rings. The number of unbranched alkanes of at least 4 members (excludes halogenated alkanes) is 43. The van der Waals surface area contributed by atoms with Crippen molar-refractivity contribution in [3.05, 3.63) is 60.8 Å². The van der Waals surface area contributed by atoms with Crippen LogP contribution in [0.2, 0.25) is 0 Å². The number of ether oxygens (including phenoxy) is 3. The molecule has 0 aliphatic heterocycles. The second-order valence-electron chi connectivity index (χ2n) is 23.4. The Hall–Kier alpha value is -2.89. The lowest BCUT2D eigenvalue weighted by molar-refractivity contribution is -0.167. The molecule has 79 heavy (non-hydrogen) atoms. The highest BCUT2D eigenvalue weighted by atomic mass is 16.6. The molecule has 0 aromatic carbocycles. The van der Waals surface area contributed by atoms with Gasteiger partial charge in [-0.3, -0.25) is 14.4 Å². The fourth-order valence-electron chi connectivity index (χ4n) is 10.3. The minimum atomic E-state index is -0.775. The zero-order valence-electron chi connectivity index (χ0n) is 52.9. The molecule has 0 amide bonds. The minimum Gasteiger partial charge on any atom is -0.462 e. The Bertz CT molecular complexity index is 1410. The monoisotopic (exact) mass is 1110 g/mol. The van der Waals surface area contributed by atoms with Gasteiger partial charge < -0.3 is 14.2 Å². The molecule has 0 fully saturated rings. The Morgan fingerprint density at radius 1 is 0.266 bits per heavy atom. The second kappa shape index (κ2) is 67.6. The lowest BCUT2D eigenvalue weighted by Gasteiger charge is -2.18. The fourth-order valence-corrected chi connectivity index (χ4v) is 10.3. The summed E-state index contributed by atoms with van der Waals surface area (Å²) in [6.07, 6.45) is 86.8. The first-order valence-corrected chi connectivity index (χ1v) is 34.8. The van der Waals surface area contributed by atoms with Crippen molar-refractivity contribution in [3.8, 4) is 0 Å². The smallest absolute Gasteiger partial charge is 0.306 e. The van der Waals surface area contributed by atoms with Crippen LogP contribution >= 0.6 is 0 Å². The quantitative estimate of drug-likeness (QED) is 0.0261. The lowest BCUT2D eigenvalue weighted by Crippen LogP contribution is -2.30. The molecule has 1 unspecified atom stereocenters. The predicted octanol–water partition coefficient (Wildman–Crippen LogP) is 23.9. The average molecular weight is 1110 g/mol. The van der Waals surface area contributed by atoms with E-state index in [1.165, 1.54) is 238 Å². The summed E-state index contributed by atoms with van der Waals surface area (Å²) in [7, 11) is 0. The fraction of sp³-hybridized carbons (Fsp3) is 0.822. The second-order valence-corrected chi connectivity index (χ2v) is 23.4. The summed E-state index contributed by atoms with van der Waals surface area (Å²) in [6, 6.07) is 0. The van der Waals surface area contributed by atoms with E-state index in [2.05, 4.69) is 81.5 Å². The standard InChI is InChI=1S/C73H132O6/c1-4-7-10-13-16-19-22-25-28-29-30-31-32-33-34-35-36-37-38-39-40-41-42-43-46-48-51-54-57-60-63-66-72(75)78-69-70(79-73(76)67-64-61-58-55-52-49-45-27-24-21-18-15-12-9-6-3)68-77-71(74)65-62-59-56-53-50-47-44-26-23-20-17-14-11-8-5-2/h7,10,16,19,25,27-28,30-31,45,70H,4-6,8-9,11-15,17-18,20-24,26,29,32-44,46-69H2,1-3H3/b10-7-,19-16-,28-25-,31-30-,45-27-. The highest BCUT2D eigenvalue weighted by Gasteiger charge is 2.19. The molecule has 0 saturated carbocycles. The van der Waals surface area contributed by atoms with Gasteiger partial charge in [0.25, 0.3) is 0 Å². The van der Waals surface area contributed by atoms with E-state index in [4.69, 9.17) is 14.2 Å².